The van der Waals surface area contributed by atoms with Crippen LogP contribution in [0.1, 0.15) is 40.0 Å². The molecule has 0 radical (unpaired) electrons. The Morgan fingerprint density at radius 1 is 1.50 bits per heavy atom. The topological polar surface area (TPSA) is 52.6 Å². The average Bonchev–Trinajstić information content (AvgIpc) is 2.54. The number of carbonyl (C=O) groups excluding carboxylic acids is 2. The van der Waals surface area contributed by atoms with Gasteiger partial charge in [0.25, 0.3) is 0 Å². The standard InChI is InChI=1S/C14H20O4/c1-8-5-9(6-10(15)17-4)13-12(8)14(2,3)7-11(16)18-13/h9,13H,5-7H2,1-4H3/t9-,13+/m1/s1. The highest BCUT2D eigenvalue weighted by Gasteiger charge is 2.47. The molecule has 0 amide bonds. The van der Waals surface area contributed by atoms with E-state index >= 15 is 0 Å². The first-order valence-electron chi connectivity index (χ1n) is 6.31. The molecule has 0 aromatic rings. The molecule has 0 spiro atoms. The number of esters is 2. The molecule has 4 heteroatoms. The third-order valence-electron chi connectivity index (χ3n) is 3.97. The Balaban J connectivity index is 2.24. The van der Waals surface area contributed by atoms with Crippen molar-refractivity contribution in [2.75, 3.05) is 7.11 Å². The summed E-state index contributed by atoms with van der Waals surface area (Å²) in [5.74, 6) is -0.372. The molecule has 2 aliphatic rings. The van der Waals surface area contributed by atoms with E-state index in [1.807, 2.05) is 0 Å². The predicted octanol–water partition coefficient (Wildman–Crippen LogP) is 2.23. The maximum Gasteiger partial charge on any atom is 0.307 e. The summed E-state index contributed by atoms with van der Waals surface area (Å²) in [6, 6.07) is 0. The smallest absolute Gasteiger partial charge is 0.307 e. The van der Waals surface area contributed by atoms with Gasteiger partial charge in [-0.05, 0) is 24.3 Å². The summed E-state index contributed by atoms with van der Waals surface area (Å²) < 4.78 is 10.2. The molecule has 2 rings (SSSR count). The Morgan fingerprint density at radius 3 is 2.78 bits per heavy atom. The summed E-state index contributed by atoms with van der Waals surface area (Å²) in [5, 5.41) is 0. The van der Waals surface area contributed by atoms with Gasteiger partial charge in [0, 0.05) is 5.92 Å². The van der Waals surface area contributed by atoms with E-state index in [1.54, 1.807) is 0 Å². The van der Waals surface area contributed by atoms with Crippen LogP contribution in [-0.4, -0.2) is 25.2 Å². The molecule has 2 atom stereocenters. The highest BCUT2D eigenvalue weighted by atomic mass is 16.5. The molecule has 0 unspecified atom stereocenters. The third-order valence-corrected chi connectivity index (χ3v) is 3.97. The average molecular weight is 252 g/mol. The Bertz CT molecular complexity index is 420. The van der Waals surface area contributed by atoms with Crippen LogP contribution in [0, 0.1) is 11.3 Å². The first-order valence-corrected chi connectivity index (χ1v) is 6.31. The molecule has 1 heterocycles. The van der Waals surface area contributed by atoms with Gasteiger partial charge in [-0.3, -0.25) is 9.59 Å². The molecule has 1 aliphatic carbocycles. The van der Waals surface area contributed by atoms with Crippen LogP contribution >= 0.6 is 0 Å². The molecule has 18 heavy (non-hydrogen) atoms. The largest absolute Gasteiger partial charge is 0.469 e. The summed E-state index contributed by atoms with van der Waals surface area (Å²) in [6.07, 6.45) is 1.30. The van der Waals surface area contributed by atoms with Crippen LogP contribution in [0.25, 0.3) is 0 Å². The lowest BCUT2D eigenvalue weighted by molar-refractivity contribution is -0.158. The molecule has 1 fully saturated rings. The second-order valence-corrected chi connectivity index (χ2v) is 5.91. The van der Waals surface area contributed by atoms with Crippen LogP contribution in [0.15, 0.2) is 11.1 Å². The lowest BCUT2D eigenvalue weighted by Crippen LogP contribution is -2.39. The number of hydrogen-bond acceptors (Lipinski definition) is 4. The van der Waals surface area contributed by atoms with Crippen molar-refractivity contribution in [3.63, 3.8) is 0 Å². The Morgan fingerprint density at radius 2 is 2.17 bits per heavy atom. The van der Waals surface area contributed by atoms with Crippen LogP contribution < -0.4 is 0 Å². The fourth-order valence-corrected chi connectivity index (χ4v) is 3.32. The van der Waals surface area contributed by atoms with Gasteiger partial charge in [0.05, 0.1) is 20.0 Å². The molecule has 100 valence electrons. The predicted molar refractivity (Wildman–Crippen MR) is 65.7 cm³/mol. The van der Waals surface area contributed by atoms with Crippen molar-refractivity contribution in [3.8, 4) is 0 Å². The number of allylic oxidation sites excluding steroid dienone is 1. The van der Waals surface area contributed by atoms with Crippen LogP contribution in [0.4, 0.5) is 0 Å². The number of ether oxygens (including phenoxy) is 2. The number of methoxy groups -OCH3 is 1. The quantitative estimate of drug-likeness (QED) is 0.558. The molecule has 1 saturated heterocycles. The van der Waals surface area contributed by atoms with E-state index in [9.17, 15) is 9.59 Å². The van der Waals surface area contributed by atoms with Crippen LogP contribution in [0.3, 0.4) is 0 Å². The zero-order valence-electron chi connectivity index (χ0n) is 11.4. The molecular weight excluding hydrogens is 232 g/mol. The van der Waals surface area contributed by atoms with Crippen molar-refractivity contribution in [1.29, 1.82) is 0 Å². The van der Waals surface area contributed by atoms with Crippen molar-refractivity contribution in [2.24, 2.45) is 11.3 Å². The number of fused-ring (bicyclic) bond motifs is 1. The molecule has 0 aromatic heterocycles. The molecular formula is C14H20O4. The van der Waals surface area contributed by atoms with Gasteiger partial charge in [0.2, 0.25) is 0 Å². The summed E-state index contributed by atoms with van der Waals surface area (Å²) in [4.78, 5) is 23.1. The lowest BCUT2D eigenvalue weighted by atomic mass is 9.75. The van der Waals surface area contributed by atoms with Crippen molar-refractivity contribution < 1.29 is 19.1 Å². The van der Waals surface area contributed by atoms with Gasteiger partial charge in [-0.25, -0.2) is 0 Å². The summed E-state index contributed by atoms with van der Waals surface area (Å²) >= 11 is 0. The molecule has 0 N–H and O–H groups in total. The van der Waals surface area contributed by atoms with Gasteiger partial charge in [0.1, 0.15) is 6.10 Å². The zero-order valence-corrected chi connectivity index (χ0v) is 11.4. The normalized spacial score (nSPS) is 29.9. The summed E-state index contributed by atoms with van der Waals surface area (Å²) in [6.45, 7) is 6.21. The second-order valence-electron chi connectivity index (χ2n) is 5.91. The van der Waals surface area contributed by atoms with Gasteiger partial charge in [0.15, 0.2) is 0 Å². The van der Waals surface area contributed by atoms with Crippen molar-refractivity contribution >= 4 is 11.9 Å². The molecule has 0 saturated carbocycles. The van der Waals surface area contributed by atoms with Gasteiger partial charge in [-0.15, -0.1) is 0 Å². The van der Waals surface area contributed by atoms with E-state index in [4.69, 9.17) is 9.47 Å². The second kappa shape index (κ2) is 4.41. The summed E-state index contributed by atoms with van der Waals surface area (Å²) in [7, 11) is 1.38. The lowest BCUT2D eigenvalue weighted by Gasteiger charge is -2.37. The fourth-order valence-electron chi connectivity index (χ4n) is 3.32. The van der Waals surface area contributed by atoms with Gasteiger partial charge in [-0.1, -0.05) is 19.4 Å². The minimum atomic E-state index is -0.242. The fraction of sp³-hybridized carbons (Fsp3) is 0.714. The van der Waals surface area contributed by atoms with Crippen LogP contribution in [0.5, 0.6) is 0 Å². The Labute approximate surface area is 107 Å². The minimum absolute atomic E-state index is 0.0379. The summed E-state index contributed by atoms with van der Waals surface area (Å²) in [5.41, 5.74) is 2.30. The number of carbonyl (C=O) groups is 2. The monoisotopic (exact) mass is 252 g/mol. The molecule has 1 aliphatic heterocycles. The highest BCUT2D eigenvalue weighted by Crippen LogP contribution is 2.49. The SMILES string of the molecule is COC(=O)C[C@H]1CC(C)=C2[C@H]1OC(=O)CC2(C)C. The maximum atomic E-state index is 11.7. The first kappa shape index (κ1) is 13.1. The van der Waals surface area contributed by atoms with E-state index in [2.05, 4.69) is 20.8 Å². The van der Waals surface area contributed by atoms with Gasteiger partial charge in [-0.2, -0.15) is 0 Å². The van der Waals surface area contributed by atoms with E-state index in [0.29, 0.717) is 12.8 Å². The van der Waals surface area contributed by atoms with E-state index in [1.165, 1.54) is 18.3 Å². The molecule has 4 nitrogen and oxygen atoms in total. The van der Waals surface area contributed by atoms with Gasteiger partial charge >= 0.3 is 11.9 Å². The van der Waals surface area contributed by atoms with Crippen LogP contribution in [-0.2, 0) is 19.1 Å². The van der Waals surface area contributed by atoms with Crippen molar-refractivity contribution in [1.82, 2.24) is 0 Å². The zero-order chi connectivity index (χ0) is 13.5. The maximum absolute atomic E-state index is 11.7. The Kier molecular flexibility index (Phi) is 3.21. The van der Waals surface area contributed by atoms with Gasteiger partial charge < -0.3 is 9.47 Å². The Hall–Kier alpha value is -1.32. The molecule has 0 bridgehead atoms. The number of hydrogen-bond donors (Lipinski definition) is 0. The minimum Gasteiger partial charge on any atom is -0.469 e. The van der Waals surface area contributed by atoms with Crippen molar-refractivity contribution in [3.05, 3.63) is 11.1 Å². The van der Waals surface area contributed by atoms with Crippen LogP contribution in [0.2, 0.25) is 0 Å². The molecule has 0 aromatic carbocycles. The van der Waals surface area contributed by atoms with E-state index in [-0.39, 0.29) is 29.4 Å². The third kappa shape index (κ3) is 2.16. The van der Waals surface area contributed by atoms with Crippen molar-refractivity contribution in [2.45, 2.75) is 46.1 Å². The number of rotatable bonds is 2. The van der Waals surface area contributed by atoms with E-state index in [0.717, 1.165) is 6.42 Å². The van der Waals surface area contributed by atoms with E-state index < -0.39 is 0 Å². The highest BCUT2D eigenvalue weighted by molar-refractivity contribution is 5.74. The first-order chi connectivity index (χ1) is 8.35.